The number of carbonyl (C=O) groups excluding carboxylic acids is 1. The van der Waals surface area contributed by atoms with E-state index in [1.54, 1.807) is 24.3 Å². The van der Waals surface area contributed by atoms with E-state index in [2.05, 4.69) is 15.5 Å². The summed E-state index contributed by atoms with van der Waals surface area (Å²) in [5, 5.41) is 11.0. The van der Waals surface area contributed by atoms with Crippen molar-refractivity contribution >= 4 is 41.2 Å². The number of aromatic nitrogens is 2. The summed E-state index contributed by atoms with van der Waals surface area (Å²) >= 11 is 11.9. The van der Waals surface area contributed by atoms with Gasteiger partial charge in [0.1, 0.15) is 0 Å². The molecule has 24 heavy (non-hydrogen) atoms. The number of carbonyl (C=O) groups is 1. The summed E-state index contributed by atoms with van der Waals surface area (Å²) in [5.41, 5.74) is 1.45. The molecule has 7 heteroatoms. The molecule has 0 fully saturated rings. The number of anilines is 1. The van der Waals surface area contributed by atoms with Gasteiger partial charge < -0.3 is 4.42 Å². The van der Waals surface area contributed by atoms with E-state index in [1.165, 1.54) is 6.08 Å². The maximum Gasteiger partial charge on any atom is 0.322 e. The van der Waals surface area contributed by atoms with Crippen LogP contribution in [0.4, 0.5) is 6.01 Å². The van der Waals surface area contributed by atoms with Gasteiger partial charge in [0, 0.05) is 11.1 Å². The van der Waals surface area contributed by atoms with Crippen molar-refractivity contribution in [2.45, 2.75) is 0 Å². The molecule has 0 aliphatic heterocycles. The molecular weight excluding hydrogens is 349 g/mol. The molecule has 5 nitrogen and oxygen atoms in total. The number of benzene rings is 2. The minimum Gasteiger partial charge on any atom is -0.403 e. The molecule has 0 unspecified atom stereocenters. The quantitative estimate of drug-likeness (QED) is 0.685. The lowest BCUT2D eigenvalue weighted by molar-refractivity contribution is -0.112. The van der Waals surface area contributed by atoms with Gasteiger partial charge in [0.05, 0.1) is 10.6 Å². The largest absolute Gasteiger partial charge is 0.403 e. The second-order valence-corrected chi connectivity index (χ2v) is 5.61. The van der Waals surface area contributed by atoms with E-state index in [4.69, 9.17) is 27.6 Å². The highest BCUT2D eigenvalue weighted by atomic mass is 35.5. The lowest BCUT2D eigenvalue weighted by Crippen LogP contribution is -2.07. The summed E-state index contributed by atoms with van der Waals surface area (Å²) in [7, 11) is 0. The van der Waals surface area contributed by atoms with Crippen LogP contribution in [0.2, 0.25) is 10.0 Å². The zero-order chi connectivity index (χ0) is 16.9. The van der Waals surface area contributed by atoms with E-state index in [0.29, 0.717) is 15.6 Å². The SMILES string of the molecule is O=C(/C=C/c1ccccc1)Nc1nnc(-c2ccc(Cl)cc2Cl)o1. The highest BCUT2D eigenvalue weighted by Gasteiger charge is 2.13. The lowest BCUT2D eigenvalue weighted by atomic mass is 10.2. The average molecular weight is 360 g/mol. The number of hydrogen-bond donors (Lipinski definition) is 1. The van der Waals surface area contributed by atoms with Crippen LogP contribution in [0.25, 0.3) is 17.5 Å². The van der Waals surface area contributed by atoms with Crippen LogP contribution in [0, 0.1) is 0 Å². The Kier molecular flexibility index (Phi) is 4.93. The molecule has 1 aromatic heterocycles. The second-order valence-electron chi connectivity index (χ2n) is 4.77. The van der Waals surface area contributed by atoms with Gasteiger partial charge in [-0.05, 0) is 29.8 Å². The zero-order valence-corrected chi connectivity index (χ0v) is 13.8. The fourth-order valence-electron chi connectivity index (χ4n) is 1.93. The summed E-state index contributed by atoms with van der Waals surface area (Å²) in [6.45, 7) is 0. The van der Waals surface area contributed by atoms with Gasteiger partial charge in [-0.3, -0.25) is 10.1 Å². The molecule has 1 N–H and O–H groups in total. The minimum atomic E-state index is -0.378. The van der Waals surface area contributed by atoms with Crippen molar-refractivity contribution in [1.29, 1.82) is 0 Å². The van der Waals surface area contributed by atoms with E-state index < -0.39 is 0 Å². The van der Waals surface area contributed by atoms with Crippen molar-refractivity contribution in [3.63, 3.8) is 0 Å². The summed E-state index contributed by atoms with van der Waals surface area (Å²) in [6, 6.07) is 14.3. The van der Waals surface area contributed by atoms with Crippen LogP contribution in [0.15, 0.2) is 59.0 Å². The number of halogens is 2. The Morgan fingerprint density at radius 1 is 1.08 bits per heavy atom. The standard InChI is InChI=1S/C17H11Cl2N3O2/c18-12-7-8-13(14(19)10-12)16-21-22-17(24-16)20-15(23)9-6-11-4-2-1-3-5-11/h1-10H,(H,20,22,23)/b9-6+. The maximum absolute atomic E-state index is 11.9. The summed E-state index contributed by atoms with van der Waals surface area (Å²) < 4.78 is 5.40. The molecule has 0 bridgehead atoms. The zero-order valence-electron chi connectivity index (χ0n) is 12.2. The van der Waals surface area contributed by atoms with Gasteiger partial charge in [0.15, 0.2) is 0 Å². The Morgan fingerprint density at radius 2 is 1.88 bits per heavy atom. The molecule has 1 heterocycles. The molecule has 0 saturated heterocycles. The third-order valence-electron chi connectivity index (χ3n) is 3.04. The van der Waals surface area contributed by atoms with Crippen LogP contribution in [0.5, 0.6) is 0 Å². The average Bonchev–Trinajstić information content (AvgIpc) is 3.02. The Labute approximate surface area is 147 Å². The first kappa shape index (κ1) is 16.2. The van der Waals surface area contributed by atoms with Crippen LogP contribution in [0.3, 0.4) is 0 Å². The molecular formula is C17H11Cl2N3O2. The Morgan fingerprint density at radius 3 is 2.62 bits per heavy atom. The molecule has 0 saturated carbocycles. The smallest absolute Gasteiger partial charge is 0.322 e. The van der Waals surface area contributed by atoms with Gasteiger partial charge in [-0.1, -0.05) is 58.6 Å². The number of rotatable bonds is 4. The predicted octanol–water partition coefficient (Wildman–Crippen LogP) is 4.70. The first-order chi connectivity index (χ1) is 11.6. The normalized spacial score (nSPS) is 10.9. The highest BCUT2D eigenvalue weighted by molar-refractivity contribution is 6.36. The number of nitrogens with one attached hydrogen (secondary N) is 1. The molecule has 2 aromatic carbocycles. The third kappa shape index (κ3) is 4.01. The van der Waals surface area contributed by atoms with E-state index >= 15 is 0 Å². The Hall–Kier alpha value is -2.63. The third-order valence-corrected chi connectivity index (χ3v) is 3.59. The maximum atomic E-state index is 11.9. The summed E-state index contributed by atoms with van der Waals surface area (Å²) in [5.74, 6) is -0.185. The first-order valence-electron chi connectivity index (χ1n) is 6.95. The fraction of sp³-hybridized carbons (Fsp3) is 0. The van der Waals surface area contributed by atoms with Crippen LogP contribution >= 0.6 is 23.2 Å². The number of hydrogen-bond acceptors (Lipinski definition) is 4. The molecule has 120 valence electrons. The first-order valence-corrected chi connectivity index (χ1v) is 7.70. The molecule has 1 amide bonds. The number of nitrogens with zero attached hydrogens (tertiary/aromatic N) is 2. The summed E-state index contributed by atoms with van der Waals surface area (Å²) in [6.07, 6.45) is 3.07. The van der Waals surface area contributed by atoms with Gasteiger partial charge in [0.2, 0.25) is 0 Å². The highest BCUT2D eigenvalue weighted by Crippen LogP contribution is 2.30. The molecule has 3 rings (SSSR count). The van der Waals surface area contributed by atoms with Crippen molar-refractivity contribution in [2.75, 3.05) is 5.32 Å². The van der Waals surface area contributed by atoms with Gasteiger partial charge in [0.25, 0.3) is 11.8 Å². The molecule has 0 atom stereocenters. The summed E-state index contributed by atoms with van der Waals surface area (Å²) in [4.78, 5) is 11.9. The van der Waals surface area contributed by atoms with Crippen molar-refractivity contribution in [2.24, 2.45) is 0 Å². The molecule has 0 spiro atoms. The molecule has 0 aliphatic rings. The van der Waals surface area contributed by atoms with Gasteiger partial charge in [-0.15, -0.1) is 5.10 Å². The van der Waals surface area contributed by atoms with Gasteiger partial charge in [-0.25, -0.2) is 0 Å². The second kappa shape index (κ2) is 7.29. The van der Waals surface area contributed by atoms with Crippen molar-refractivity contribution in [3.8, 4) is 11.5 Å². The molecule has 3 aromatic rings. The fourth-order valence-corrected chi connectivity index (χ4v) is 2.42. The Balaban J connectivity index is 1.70. The van der Waals surface area contributed by atoms with Crippen LogP contribution in [-0.2, 0) is 4.79 Å². The van der Waals surface area contributed by atoms with Crippen LogP contribution in [0.1, 0.15) is 5.56 Å². The topological polar surface area (TPSA) is 68.0 Å². The molecule has 0 aliphatic carbocycles. The monoisotopic (exact) mass is 359 g/mol. The van der Waals surface area contributed by atoms with E-state index in [9.17, 15) is 4.79 Å². The van der Waals surface area contributed by atoms with E-state index in [1.807, 2.05) is 30.3 Å². The van der Waals surface area contributed by atoms with Crippen LogP contribution in [-0.4, -0.2) is 16.1 Å². The predicted molar refractivity (Wildman–Crippen MR) is 93.9 cm³/mol. The van der Waals surface area contributed by atoms with Crippen molar-refractivity contribution in [1.82, 2.24) is 10.2 Å². The van der Waals surface area contributed by atoms with E-state index in [-0.39, 0.29) is 17.8 Å². The minimum absolute atomic E-state index is 0.0151. The van der Waals surface area contributed by atoms with E-state index in [0.717, 1.165) is 5.56 Å². The number of amides is 1. The lowest BCUT2D eigenvalue weighted by Gasteiger charge is -1.99. The van der Waals surface area contributed by atoms with Crippen molar-refractivity contribution in [3.05, 3.63) is 70.2 Å². The van der Waals surface area contributed by atoms with Gasteiger partial charge in [-0.2, -0.15) is 0 Å². The van der Waals surface area contributed by atoms with Gasteiger partial charge >= 0.3 is 6.01 Å². The molecule has 0 radical (unpaired) electrons. The van der Waals surface area contributed by atoms with Crippen LogP contribution < -0.4 is 5.32 Å². The van der Waals surface area contributed by atoms with Crippen molar-refractivity contribution < 1.29 is 9.21 Å². The Bertz CT molecular complexity index is 892.